The van der Waals surface area contributed by atoms with Crippen molar-refractivity contribution >= 4 is 16.6 Å². The number of aromatic nitrogens is 2. The Labute approximate surface area is 208 Å². The highest BCUT2D eigenvalue weighted by Gasteiger charge is 2.42. The molecule has 3 aliphatic heterocycles. The molecule has 188 valence electrons. The highest BCUT2D eigenvalue weighted by atomic mass is 19.1. The van der Waals surface area contributed by atoms with Crippen LogP contribution in [0.3, 0.4) is 0 Å². The highest BCUT2D eigenvalue weighted by Crippen LogP contribution is 2.47. The summed E-state index contributed by atoms with van der Waals surface area (Å²) in [5.74, 6) is 0.0703. The predicted octanol–water partition coefficient (Wildman–Crippen LogP) is 4.38. The van der Waals surface area contributed by atoms with Crippen LogP contribution in [0.2, 0.25) is 0 Å². The van der Waals surface area contributed by atoms with Gasteiger partial charge in [-0.15, -0.1) is 0 Å². The van der Waals surface area contributed by atoms with Gasteiger partial charge < -0.3 is 24.0 Å². The number of halogens is 1. The average Bonchev–Trinajstić information content (AvgIpc) is 3.23. The second-order valence-electron chi connectivity index (χ2n) is 10.1. The van der Waals surface area contributed by atoms with Crippen molar-refractivity contribution in [3.8, 4) is 17.1 Å². The van der Waals surface area contributed by atoms with Gasteiger partial charge in [-0.3, -0.25) is 4.79 Å². The van der Waals surface area contributed by atoms with E-state index in [-0.39, 0.29) is 29.7 Å². The van der Waals surface area contributed by atoms with E-state index in [1.54, 1.807) is 4.57 Å². The maximum Gasteiger partial charge on any atom is 0.258 e. The van der Waals surface area contributed by atoms with E-state index in [4.69, 9.17) is 14.5 Å². The van der Waals surface area contributed by atoms with Gasteiger partial charge in [0.15, 0.2) is 11.6 Å². The molecule has 0 spiro atoms. The van der Waals surface area contributed by atoms with Gasteiger partial charge in [-0.2, -0.15) is 0 Å². The van der Waals surface area contributed by atoms with Crippen LogP contribution in [0.25, 0.3) is 22.3 Å². The molecule has 0 radical (unpaired) electrons. The van der Waals surface area contributed by atoms with E-state index in [0.717, 1.165) is 22.2 Å². The summed E-state index contributed by atoms with van der Waals surface area (Å²) < 4.78 is 28.4. The molecule has 0 aliphatic carbocycles. The van der Waals surface area contributed by atoms with E-state index in [9.17, 15) is 9.90 Å². The van der Waals surface area contributed by atoms with Crippen molar-refractivity contribution in [1.29, 1.82) is 0 Å². The van der Waals surface area contributed by atoms with Crippen LogP contribution in [0.1, 0.15) is 56.4 Å². The van der Waals surface area contributed by atoms with Gasteiger partial charge in [-0.25, -0.2) is 9.37 Å². The largest absolute Gasteiger partial charge is 0.490 e. The molecule has 6 rings (SSSR count). The van der Waals surface area contributed by atoms with Crippen molar-refractivity contribution < 1.29 is 19.0 Å². The number of hydrogen-bond acceptors (Lipinski definition) is 6. The Morgan fingerprint density at radius 1 is 1.25 bits per heavy atom. The smallest absolute Gasteiger partial charge is 0.258 e. The van der Waals surface area contributed by atoms with Crippen LogP contribution in [-0.2, 0) is 29.9 Å². The normalized spacial score (nSPS) is 20.1. The fourth-order valence-electron chi connectivity index (χ4n) is 6.06. The summed E-state index contributed by atoms with van der Waals surface area (Å²) in [4.78, 5) is 20.7. The Morgan fingerprint density at radius 2 is 2.03 bits per heavy atom. The summed E-state index contributed by atoms with van der Waals surface area (Å²) in [6.45, 7) is 13.5. The number of aryl methyl sites for hydroxylation is 1. The van der Waals surface area contributed by atoms with E-state index >= 15 is 4.39 Å². The van der Waals surface area contributed by atoms with Crippen LogP contribution >= 0.6 is 0 Å². The molecule has 1 aromatic carbocycles. The minimum atomic E-state index is -1.45. The zero-order chi connectivity index (χ0) is 25.5. The van der Waals surface area contributed by atoms with Gasteiger partial charge in [-0.1, -0.05) is 20.4 Å². The zero-order valence-corrected chi connectivity index (χ0v) is 21.1. The number of benzene rings is 1. The van der Waals surface area contributed by atoms with Crippen LogP contribution in [0.5, 0.6) is 5.75 Å². The van der Waals surface area contributed by atoms with E-state index in [1.807, 2.05) is 13.0 Å². The molecule has 1 N–H and O–H groups in total. The number of anilines is 1. The summed E-state index contributed by atoms with van der Waals surface area (Å²) in [5, 5.41) is 12.2. The second-order valence-corrected chi connectivity index (χ2v) is 10.1. The number of hydrogen-bond donors (Lipinski definition) is 1. The van der Waals surface area contributed by atoms with Crippen molar-refractivity contribution in [2.75, 3.05) is 18.1 Å². The van der Waals surface area contributed by atoms with Gasteiger partial charge in [0.2, 0.25) is 0 Å². The van der Waals surface area contributed by atoms with Gasteiger partial charge >= 0.3 is 0 Å². The molecule has 36 heavy (non-hydrogen) atoms. The molecule has 0 amide bonds. The fourth-order valence-corrected chi connectivity index (χ4v) is 6.06. The maximum absolute atomic E-state index is 15.3. The van der Waals surface area contributed by atoms with E-state index in [2.05, 4.69) is 32.3 Å². The lowest BCUT2D eigenvalue weighted by atomic mass is 9.84. The molecule has 0 bridgehead atoms. The van der Waals surface area contributed by atoms with E-state index in [1.165, 1.54) is 6.07 Å². The number of nitrogens with zero attached hydrogens (tertiary/aromatic N) is 3. The van der Waals surface area contributed by atoms with Crippen molar-refractivity contribution in [3.05, 3.63) is 62.9 Å². The monoisotopic (exact) mass is 491 g/mol. The Kier molecular flexibility index (Phi) is 4.99. The summed E-state index contributed by atoms with van der Waals surface area (Å²) >= 11 is 0. The Balaban J connectivity index is 1.67. The van der Waals surface area contributed by atoms with Crippen LogP contribution in [-0.4, -0.2) is 33.9 Å². The SMILES string of the molecule is C=C1OCc2c(cc3n(c2=O)Cc2c-3nc3cc(F)c4c(c3c2CC)N(C(C)C)CCO4)[C@@]1(O)CC. The molecule has 5 heterocycles. The minimum absolute atomic E-state index is 0.0708. The molecular formula is C28H30FN3O4. The van der Waals surface area contributed by atoms with Crippen molar-refractivity contribution in [1.82, 2.24) is 9.55 Å². The topological polar surface area (TPSA) is 76.8 Å². The third-order valence-corrected chi connectivity index (χ3v) is 7.98. The molecule has 3 aliphatic rings. The first-order valence-electron chi connectivity index (χ1n) is 12.6. The standard InChI is InChI=1S/C28H30FN3O4/c1-6-16-17-12-32-22(10-19-18(27(32)33)13-36-15(5)28(19,34)7-2)24(17)30-21-11-20(29)26-25(23(16)21)31(14(3)4)8-9-35-26/h10-11,14,34H,5-9,12-13H2,1-4H3/t28-/m1/s1. The first-order valence-corrected chi connectivity index (χ1v) is 12.6. The molecule has 0 fully saturated rings. The van der Waals surface area contributed by atoms with Crippen molar-refractivity contribution in [2.45, 2.75) is 65.3 Å². The quantitative estimate of drug-likeness (QED) is 0.459. The second kappa shape index (κ2) is 7.80. The molecule has 8 heteroatoms. The van der Waals surface area contributed by atoms with Gasteiger partial charge in [0.05, 0.1) is 41.2 Å². The number of fused-ring (bicyclic) bond motifs is 7. The fraction of sp³-hybridized carbons (Fsp3) is 0.429. The molecule has 0 saturated heterocycles. The summed E-state index contributed by atoms with van der Waals surface area (Å²) in [6, 6.07) is 3.44. The number of pyridine rings is 2. The molecular weight excluding hydrogens is 461 g/mol. The molecule has 0 saturated carbocycles. The maximum atomic E-state index is 15.3. The Morgan fingerprint density at radius 3 is 2.72 bits per heavy atom. The highest BCUT2D eigenvalue weighted by molar-refractivity contribution is 6.01. The lowest BCUT2D eigenvalue weighted by Crippen LogP contribution is -2.38. The minimum Gasteiger partial charge on any atom is -0.490 e. The third kappa shape index (κ3) is 2.88. The molecule has 0 unspecified atom stereocenters. The average molecular weight is 492 g/mol. The van der Waals surface area contributed by atoms with Gasteiger partial charge in [0, 0.05) is 28.6 Å². The van der Waals surface area contributed by atoms with Crippen LogP contribution < -0.4 is 15.2 Å². The predicted molar refractivity (Wildman–Crippen MR) is 136 cm³/mol. The first kappa shape index (κ1) is 23.0. The van der Waals surface area contributed by atoms with Crippen molar-refractivity contribution in [2.24, 2.45) is 0 Å². The lowest BCUT2D eigenvalue weighted by molar-refractivity contribution is -0.0172. The molecule has 3 aromatic rings. The van der Waals surface area contributed by atoms with E-state index in [0.29, 0.717) is 60.6 Å². The van der Waals surface area contributed by atoms with Crippen LogP contribution in [0, 0.1) is 5.82 Å². The number of ether oxygens (including phenoxy) is 2. The summed E-state index contributed by atoms with van der Waals surface area (Å²) in [7, 11) is 0. The summed E-state index contributed by atoms with van der Waals surface area (Å²) in [5.41, 5.74) is 3.85. The Hall–Kier alpha value is -3.39. The lowest BCUT2D eigenvalue weighted by Gasteiger charge is -2.36. The molecule has 2 aromatic heterocycles. The van der Waals surface area contributed by atoms with Crippen LogP contribution in [0.4, 0.5) is 10.1 Å². The van der Waals surface area contributed by atoms with E-state index < -0.39 is 11.4 Å². The van der Waals surface area contributed by atoms with Crippen LogP contribution in [0.15, 0.2) is 29.3 Å². The number of rotatable bonds is 3. The number of aliphatic hydroxyl groups is 1. The van der Waals surface area contributed by atoms with Gasteiger partial charge in [0.25, 0.3) is 5.56 Å². The van der Waals surface area contributed by atoms with Gasteiger partial charge in [-0.05, 0) is 38.3 Å². The zero-order valence-electron chi connectivity index (χ0n) is 21.1. The van der Waals surface area contributed by atoms with Gasteiger partial charge in [0.1, 0.15) is 24.6 Å². The summed E-state index contributed by atoms with van der Waals surface area (Å²) in [6.07, 6.45) is 1.01. The molecule has 1 atom stereocenters. The Bertz CT molecular complexity index is 1530. The molecule has 7 nitrogen and oxygen atoms in total. The first-order chi connectivity index (χ1) is 17.2. The third-order valence-electron chi connectivity index (χ3n) is 7.98. The van der Waals surface area contributed by atoms with Crippen molar-refractivity contribution in [3.63, 3.8) is 0 Å².